The summed E-state index contributed by atoms with van der Waals surface area (Å²) in [5, 5.41) is 15.5. The quantitative estimate of drug-likeness (QED) is 0.312. The first-order chi connectivity index (χ1) is 14.2. The molecule has 1 aromatic heterocycles. The number of hydrogen-bond acceptors (Lipinski definition) is 4. The molecule has 2 aromatic rings. The van der Waals surface area contributed by atoms with E-state index in [0.29, 0.717) is 19.2 Å². The standard InChI is InChI=1S/C22H34N6O.HI/c1-4-29-20-12-8-9-18(15-20)13-14-23-22(25-19-10-6-5-7-11-19)24-16-21-27-26-17(2)28(21)3;/h8-9,12,15,19H,4-7,10-11,13-14,16H2,1-3H3,(H2,23,24,25);1H. The predicted octanol–water partition coefficient (Wildman–Crippen LogP) is 3.75. The van der Waals surface area contributed by atoms with Crippen molar-refractivity contribution < 1.29 is 4.74 Å². The van der Waals surface area contributed by atoms with Crippen molar-refractivity contribution in [3.8, 4) is 5.75 Å². The van der Waals surface area contributed by atoms with Crippen molar-refractivity contribution in [1.29, 1.82) is 0 Å². The fraction of sp³-hybridized carbons (Fsp3) is 0.591. The molecule has 2 N–H and O–H groups in total. The van der Waals surface area contributed by atoms with Gasteiger partial charge in [0.05, 0.1) is 6.61 Å². The monoisotopic (exact) mass is 526 g/mol. The van der Waals surface area contributed by atoms with Crippen molar-refractivity contribution in [2.75, 3.05) is 13.2 Å². The normalized spacial score (nSPS) is 14.8. The summed E-state index contributed by atoms with van der Waals surface area (Å²) in [7, 11) is 1.98. The third-order valence-corrected chi connectivity index (χ3v) is 5.42. The number of nitrogens with zero attached hydrogens (tertiary/aromatic N) is 4. The van der Waals surface area contributed by atoms with Crippen LogP contribution in [0.15, 0.2) is 29.3 Å². The van der Waals surface area contributed by atoms with Crippen molar-refractivity contribution in [3.05, 3.63) is 41.5 Å². The topological polar surface area (TPSA) is 76.4 Å². The second kappa shape index (κ2) is 12.8. The zero-order valence-corrected chi connectivity index (χ0v) is 20.7. The summed E-state index contributed by atoms with van der Waals surface area (Å²) in [6, 6.07) is 8.79. The summed E-state index contributed by atoms with van der Waals surface area (Å²) in [5.41, 5.74) is 1.25. The molecule has 1 aliphatic rings. The van der Waals surface area contributed by atoms with Gasteiger partial charge in [-0.15, -0.1) is 34.2 Å². The minimum absolute atomic E-state index is 0. The molecule has 0 spiro atoms. The van der Waals surface area contributed by atoms with E-state index in [4.69, 9.17) is 9.73 Å². The molecule has 3 rings (SSSR count). The lowest BCUT2D eigenvalue weighted by molar-refractivity contribution is 0.340. The van der Waals surface area contributed by atoms with E-state index in [1.165, 1.54) is 37.7 Å². The molecule has 0 unspecified atom stereocenters. The van der Waals surface area contributed by atoms with Gasteiger partial charge in [-0.2, -0.15) is 0 Å². The van der Waals surface area contributed by atoms with Gasteiger partial charge in [0.2, 0.25) is 0 Å². The first kappa shape index (κ1) is 24.4. The molecule has 1 heterocycles. The number of aliphatic imine (C=N–C) groups is 1. The van der Waals surface area contributed by atoms with Gasteiger partial charge in [-0.05, 0) is 50.8 Å². The van der Waals surface area contributed by atoms with Crippen molar-refractivity contribution in [3.63, 3.8) is 0 Å². The van der Waals surface area contributed by atoms with E-state index in [9.17, 15) is 0 Å². The van der Waals surface area contributed by atoms with Gasteiger partial charge in [0.1, 0.15) is 18.1 Å². The SMILES string of the molecule is CCOc1cccc(CCNC(=NCc2nnc(C)n2C)NC2CCCCC2)c1.I. The molecule has 0 atom stereocenters. The molecule has 1 aliphatic carbocycles. The molecule has 0 bridgehead atoms. The highest BCUT2D eigenvalue weighted by Crippen LogP contribution is 2.17. The van der Waals surface area contributed by atoms with Crippen molar-refractivity contribution >= 4 is 29.9 Å². The molecule has 0 radical (unpaired) electrons. The highest BCUT2D eigenvalue weighted by atomic mass is 127. The summed E-state index contributed by atoms with van der Waals surface area (Å²) < 4.78 is 7.59. The molecule has 30 heavy (non-hydrogen) atoms. The summed E-state index contributed by atoms with van der Waals surface area (Å²) >= 11 is 0. The second-order valence-corrected chi connectivity index (χ2v) is 7.62. The van der Waals surface area contributed by atoms with E-state index in [1.54, 1.807) is 0 Å². The molecule has 8 heteroatoms. The van der Waals surface area contributed by atoms with Crippen LogP contribution < -0.4 is 15.4 Å². The highest BCUT2D eigenvalue weighted by Gasteiger charge is 2.15. The Bertz CT molecular complexity index is 801. The lowest BCUT2D eigenvalue weighted by Gasteiger charge is -2.25. The van der Waals surface area contributed by atoms with Gasteiger partial charge in [-0.25, -0.2) is 4.99 Å². The van der Waals surface area contributed by atoms with Crippen molar-refractivity contribution in [2.24, 2.45) is 12.0 Å². The Morgan fingerprint density at radius 2 is 2.03 bits per heavy atom. The molecular formula is C22H35IN6O. The fourth-order valence-corrected chi connectivity index (χ4v) is 3.61. The Labute approximate surface area is 197 Å². The number of aromatic nitrogens is 3. The molecule has 0 amide bonds. The van der Waals surface area contributed by atoms with Gasteiger partial charge < -0.3 is 19.9 Å². The van der Waals surface area contributed by atoms with Crippen LogP contribution >= 0.6 is 24.0 Å². The Morgan fingerprint density at radius 1 is 1.23 bits per heavy atom. The van der Waals surface area contributed by atoms with Crippen LogP contribution in [0.3, 0.4) is 0 Å². The number of aryl methyl sites for hydroxylation is 1. The van der Waals surface area contributed by atoms with E-state index in [1.807, 2.05) is 37.6 Å². The number of rotatable bonds is 8. The van der Waals surface area contributed by atoms with E-state index in [-0.39, 0.29) is 24.0 Å². The second-order valence-electron chi connectivity index (χ2n) is 7.62. The molecule has 0 aliphatic heterocycles. The van der Waals surface area contributed by atoms with Gasteiger partial charge in [0, 0.05) is 19.6 Å². The number of benzene rings is 1. The lowest BCUT2D eigenvalue weighted by Crippen LogP contribution is -2.44. The minimum Gasteiger partial charge on any atom is -0.494 e. The maximum Gasteiger partial charge on any atom is 0.191 e. The number of halogens is 1. The Morgan fingerprint density at radius 3 is 2.73 bits per heavy atom. The fourth-order valence-electron chi connectivity index (χ4n) is 3.61. The highest BCUT2D eigenvalue weighted by molar-refractivity contribution is 14.0. The van der Waals surface area contributed by atoms with E-state index < -0.39 is 0 Å². The van der Waals surface area contributed by atoms with Crippen LogP contribution in [0, 0.1) is 6.92 Å². The number of guanidine groups is 1. The van der Waals surface area contributed by atoms with Gasteiger partial charge in [-0.3, -0.25) is 0 Å². The van der Waals surface area contributed by atoms with Crippen LogP contribution in [0.5, 0.6) is 5.75 Å². The maximum atomic E-state index is 5.60. The lowest BCUT2D eigenvalue weighted by atomic mass is 9.96. The Kier molecular flexibility index (Phi) is 10.4. The number of nitrogens with one attached hydrogen (secondary N) is 2. The largest absolute Gasteiger partial charge is 0.494 e. The summed E-state index contributed by atoms with van der Waals surface area (Å²) in [6.45, 7) is 5.97. The van der Waals surface area contributed by atoms with Gasteiger partial charge in [0.25, 0.3) is 0 Å². The first-order valence-electron chi connectivity index (χ1n) is 10.8. The average Bonchev–Trinajstić information content (AvgIpc) is 3.05. The maximum absolute atomic E-state index is 5.60. The Balaban J connectivity index is 0.00000320. The average molecular weight is 526 g/mol. The molecule has 1 saturated carbocycles. The van der Waals surface area contributed by atoms with Crippen LogP contribution in [-0.2, 0) is 20.0 Å². The van der Waals surface area contributed by atoms with Crippen LogP contribution in [0.2, 0.25) is 0 Å². The van der Waals surface area contributed by atoms with Crippen LogP contribution in [0.1, 0.15) is 56.2 Å². The van der Waals surface area contributed by atoms with Crippen LogP contribution in [0.4, 0.5) is 0 Å². The molecule has 1 aromatic carbocycles. The first-order valence-corrected chi connectivity index (χ1v) is 10.8. The number of hydrogen-bond donors (Lipinski definition) is 2. The molecule has 7 nitrogen and oxygen atoms in total. The zero-order chi connectivity index (χ0) is 20.5. The van der Waals surface area contributed by atoms with Crippen molar-refractivity contribution in [1.82, 2.24) is 25.4 Å². The minimum atomic E-state index is 0. The van der Waals surface area contributed by atoms with Gasteiger partial charge >= 0.3 is 0 Å². The predicted molar refractivity (Wildman–Crippen MR) is 132 cm³/mol. The molecule has 0 saturated heterocycles. The summed E-state index contributed by atoms with van der Waals surface area (Å²) in [6.07, 6.45) is 7.25. The third-order valence-electron chi connectivity index (χ3n) is 5.42. The summed E-state index contributed by atoms with van der Waals surface area (Å²) in [4.78, 5) is 4.79. The molecule has 1 fully saturated rings. The van der Waals surface area contributed by atoms with Crippen LogP contribution in [-0.4, -0.2) is 39.9 Å². The van der Waals surface area contributed by atoms with E-state index >= 15 is 0 Å². The summed E-state index contributed by atoms with van der Waals surface area (Å²) in [5.74, 6) is 3.56. The molecular weight excluding hydrogens is 491 g/mol. The van der Waals surface area contributed by atoms with E-state index in [0.717, 1.165) is 36.3 Å². The van der Waals surface area contributed by atoms with E-state index in [2.05, 4.69) is 33.0 Å². The Hall–Kier alpha value is -1.84. The van der Waals surface area contributed by atoms with Gasteiger partial charge in [-0.1, -0.05) is 31.4 Å². The third kappa shape index (κ3) is 7.45. The molecule has 166 valence electrons. The van der Waals surface area contributed by atoms with Crippen molar-refractivity contribution in [2.45, 2.75) is 65.0 Å². The number of ether oxygens (including phenoxy) is 1. The zero-order valence-electron chi connectivity index (χ0n) is 18.4. The smallest absolute Gasteiger partial charge is 0.191 e. The van der Waals surface area contributed by atoms with Crippen LogP contribution in [0.25, 0.3) is 0 Å². The van der Waals surface area contributed by atoms with Gasteiger partial charge in [0.15, 0.2) is 11.8 Å².